The van der Waals surface area contributed by atoms with Gasteiger partial charge in [0.15, 0.2) is 4.80 Å². The van der Waals surface area contributed by atoms with Crippen molar-refractivity contribution in [2.75, 3.05) is 25.2 Å². The Bertz CT molecular complexity index is 1340. The first kappa shape index (κ1) is 23.5. The summed E-state index contributed by atoms with van der Waals surface area (Å²) in [4.78, 5) is 55.0. The van der Waals surface area contributed by atoms with E-state index >= 15 is 0 Å². The molecule has 0 radical (unpaired) electrons. The van der Waals surface area contributed by atoms with Crippen molar-refractivity contribution in [2.24, 2.45) is 4.99 Å². The van der Waals surface area contributed by atoms with Crippen LogP contribution in [0.15, 0.2) is 47.5 Å². The van der Waals surface area contributed by atoms with Gasteiger partial charge in [0, 0.05) is 31.6 Å². The van der Waals surface area contributed by atoms with E-state index in [0.29, 0.717) is 35.8 Å². The van der Waals surface area contributed by atoms with Gasteiger partial charge in [-0.25, -0.2) is 4.79 Å². The third-order valence-corrected chi connectivity index (χ3v) is 6.41. The van der Waals surface area contributed by atoms with Crippen LogP contribution in [0.25, 0.3) is 10.2 Å². The van der Waals surface area contributed by atoms with Gasteiger partial charge in [-0.3, -0.25) is 19.3 Å². The van der Waals surface area contributed by atoms with E-state index in [9.17, 15) is 19.2 Å². The quantitative estimate of drug-likeness (QED) is 0.292. The van der Waals surface area contributed by atoms with Crippen LogP contribution in [0.4, 0.5) is 5.69 Å². The number of rotatable bonds is 7. The lowest BCUT2D eigenvalue weighted by Crippen LogP contribution is -2.28. The van der Waals surface area contributed by atoms with E-state index in [1.54, 1.807) is 36.4 Å². The predicted molar refractivity (Wildman–Crippen MR) is 126 cm³/mol. The fraction of sp³-hybridized carbons (Fsp3) is 0.292. The Hall–Kier alpha value is -3.63. The highest BCUT2D eigenvalue weighted by atomic mass is 32.1. The third kappa shape index (κ3) is 4.68. The van der Waals surface area contributed by atoms with Gasteiger partial charge in [-0.2, -0.15) is 4.99 Å². The molecular formula is C24H23N3O6S. The molecule has 2 heterocycles. The van der Waals surface area contributed by atoms with Crippen molar-refractivity contribution < 1.29 is 28.7 Å². The average Bonchev–Trinajstić information content (AvgIpc) is 3.36. The molecule has 3 amide bonds. The van der Waals surface area contributed by atoms with Gasteiger partial charge in [-0.05, 0) is 43.3 Å². The summed E-state index contributed by atoms with van der Waals surface area (Å²) in [7, 11) is 1.32. The number of aromatic nitrogens is 1. The normalized spacial score (nSPS) is 14.3. The van der Waals surface area contributed by atoms with Crippen molar-refractivity contribution in [3.05, 3.63) is 58.4 Å². The smallest absolute Gasteiger partial charge is 0.337 e. The van der Waals surface area contributed by atoms with Crippen LogP contribution in [-0.4, -0.2) is 48.6 Å². The number of fused-ring (bicyclic) bond motifs is 1. The molecule has 0 bridgehead atoms. The van der Waals surface area contributed by atoms with Gasteiger partial charge >= 0.3 is 5.97 Å². The number of esters is 1. The van der Waals surface area contributed by atoms with Crippen LogP contribution in [0.2, 0.25) is 0 Å². The second-order valence-electron chi connectivity index (χ2n) is 7.50. The molecule has 3 aromatic rings. The van der Waals surface area contributed by atoms with Gasteiger partial charge in [0.25, 0.3) is 5.91 Å². The van der Waals surface area contributed by atoms with E-state index in [-0.39, 0.29) is 30.2 Å². The van der Waals surface area contributed by atoms with E-state index in [2.05, 4.69) is 4.99 Å². The fourth-order valence-electron chi connectivity index (χ4n) is 3.71. The molecule has 1 aliphatic rings. The minimum absolute atomic E-state index is 0.163. The molecule has 0 saturated carbocycles. The van der Waals surface area contributed by atoms with Gasteiger partial charge in [0.1, 0.15) is 0 Å². The average molecular weight is 482 g/mol. The number of ether oxygens (including phenoxy) is 2. The molecule has 1 aromatic heterocycles. The summed E-state index contributed by atoms with van der Waals surface area (Å²) in [6.07, 6.45) is 0.327. The zero-order chi connectivity index (χ0) is 24.2. The van der Waals surface area contributed by atoms with Crippen LogP contribution in [0.3, 0.4) is 0 Å². The molecule has 0 unspecified atom stereocenters. The molecule has 4 rings (SSSR count). The summed E-state index contributed by atoms with van der Waals surface area (Å²) in [5.41, 5.74) is 1.83. The number of hydrogen-bond acceptors (Lipinski definition) is 7. The van der Waals surface area contributed by atoms with Crippen LogP contribution < -0.4 is 9.70 Å². The minimum atomic E-state index is -0.508. The zero-order valence-electron chi connectivity index (χ0n) is 18.8. The maximum absolute atomic E-state index is 13.1. The van der Waals surface area contributed by atoms with Crippen LogP contribution >= 0.6 is 11.3 Å². The molecule has 1 aliphatic heterocycles. The monoisotopic (exact) mass is 481 g/mol. The van der Waals surface area contributed by atoms with E-state index in [0.717, 1.165) is 15.1 Å². The summed E-state index contributed by atoms with van der Waals surface area (Å²) in [6, 6.07) is 11.5. The number of benzene rings is 2. The molecular weight excluding hydrogens is 458 g/mol. The Morgan fingerprint density at radius 1 is 1.06 bits per heavy atom. The number of hydrogen-bond donors (Lipinski definition) is 0. The van der Waals surface area contributed by atoms with Gasteiger partial charge < -0.3 is 14.0 Å². The first-order valence-electron chi connectivity index (χ1n) is 10.8. The van der Waals surface area contributed by atoms with E-state index < -0.39 is 11.9 Å². The van der Waals surface area contributed by atoms with Gasteiger partial charge in [0.2, 0.25) is 11.8 Å². The van der Waals surface area contributed by atoms with Gasteiger partial charge in [-0.15, -0.1) is 0 Å². The van der Waals surface area contributed by atoms with E-state index in [4.69, 9.17) is 9.47 Å². The predicted octanol–water partition coefficient (Wildman–Crippen LogP) is 2.92. The minimum Gasteiger partial charge on any atom is -0.465 e. The highest BCUT2D eigenvalue weighted by Crippen LogP contribution is 2.24. The fourth-order valence-corrected chi connectivity index (χ4v) is 4.81. The van der Waals surface area contributed by atoms with Crippen LogP contribution in [0.1, 0.15) is 40.5 Å². The first-order chi connectivity index (χ1) is 16.4. The number of nitrogens with zero attached hydrogens (tertiary/aromatic N) is 3. The van der Waals surface area contributed by atoms with Crippen molar-refractivity contribution in [2.45, 2.75) is 26.3 Å². The van der Waals surface area contributed by atoms with Crippen molar-refractivity contribution in [1.29, 1.82) is 0 Å². The number of thiazole rings is 1. The van der Waals surface area contributed by atoms with Crippen LogP contribution in [0.5, 0.6) is 0 Å². The van der Waals surface area contributed by atoms with Crippen molar-refractivity contribution >= 4 is 50.9 Å². The summed E-state index contributed by atoms with van der Waals surface area (Å²) < 4.78 is 12.9. The molecule has 176 valence electrons. The van der Waals surface area contributed by atoms with Crippen LogP contribution in [0, 0.1) is 0 Å². The maximum atomic E-state index is 13.1. The third-order valence-electron chi connectivity index (χ3n) is 5.37. The Morgan fingerprint density at radius 2 is 1.82 bits per heavy atom. The van der Waals surface area contributed by atoms with Crippen molar-refractivity contribution in [3.8, 4) is 0 Å². The summed E-state index contributed by atoms with van der Waals surface area (Å²) in [5, 5.41) is 0. The molecule has 0 N–H and O–H groups in total. The molecule has 0 aliphatic carbocycles. The number of amides is 3. The van der Waals surface area contributed by atoms with Crippen molar-refractivity contribution in [3.63, 3.8) is 0 Å². The number of methoxy groups -OCH3 is 1. The first-order valence-corrected chi connectivity index (χ1v) is 11.6. The second kappa shape index (κ2) is 10.1. The molecule has 10 heteroatoms. The maximum Gasteiger partial charge on any atom is 0.337 e. The highest BCUT2D eigenvalue weighted by Gasteiger charge is 2.30. The Labute approximate surface area is 199 Å². The van der Waals surface area contributed by atoms with Gasteiger partial charge in [0.05, 0.1) is 35.2 Å². The summed E-state index contributed by atoms with van der Waals surface area (Å²) >= 11 is 1.27. The Kier molecular flexibility index (Phi) is 6.99. The number of carbonyl (C=O) groups excluding carboxylic acids is 4. The number of carbonyl (C=O) groups is 4. The topological polar surface area (TPSA) is 107 Å². The zero-order valence-corrected chi connectivity index (χ0v) is 19.6. The molecule has 1 fully saturated rings. The van der Waals surface area contributed by atoms with E-state index in [1.807, 2.05) is 11.5 Å². The molecule has 34 heavy (non-hydrogen) atoms. The largest absolute Gasteiger partial charge is 0.465 e. The van der Waals surface area contributed by atoms with Crippen molar-refractivity contribution in [1.82, 2.24) is 4.57 Å². The lowest BCUT2D eigenvalue weighted by atomic mass is 10.2. The van der Waals surface area contributed by atoms with Crippen LogP contribution in [-0.2, 0) is 25.6 Å². The second-order valence-corrected chi connectivity index (χ2v) is 8.51. The Balaban J connectivity index is 1.74. The number of imide groups is 1. The lowest BCUT2D eigenvalue weighted by molar-refractivity contribution is -0.121. The SMILES string of the molecule is CCOCCn1c(=NC(=O)c2cccc(N3C(=O)CCC3=O)c2)sc2cc(C(=O)OC)ccc21. The van der Waals surface area contributed by atoms with E-state index in [1.165, 1.54) is 24.5 Å². The molecule has 9 nitrogen and oxygen atoms in total. The number of anilines is 1. The molecule has 2 aromatic carbocycles. The molecule has 0 atom stereocenters. The summed E-state index contributed by atoms with van der Waals surface area (Å²) in [5.74, 6) is -1.53. The lowest BCUT2D eigenvalue weighted by Gasteiger charge is -2.14. The molecule has 0 spiro atoms. The standard InChI is InChI=1S/C24H23N3O6S/c1-3-33-12-11-26-18-8-7-16(23(31)32-2)14-19(18)34-24(26)25-22(30)15-5-4-6-17(13-15)27-20(28)9-10-21(27)29/h4-8,13-14H,3,9-12H2,1-2H3. The highest BCUT2D eigenvalue weighted by molar-refractivity contribution is 7.16. The molecule has 1 saturated heterocycles. The van der Waals surface area contributed by atoms with Gasteiger partial charge in [-0.1, -0.05) is 17.4 Å². The summed E-state index contributed by atoms with van der Waals surface area (Å²) in [6.45, 7) is 3.35. The Morgan fingerprint density at radius 3 is 2.53 bits per heavy atom.